The fourth-order valence-electron chi connectivity index (χ4n) is 3.56. The molecule has 0 fully saturated rings. The smallest absolute Gasteiger partial charge is 0.160 e. The topological polar surface area (TPSA) is 46.0 Å². The van der Waals surface area contributed by atoms with Gasteiger partial charge < -0.3 is 14.8 Å². The Hall–Kier alpha value is -2.21. The number of benzene rings is 2. The van der Waals surface area contributed by atoms with Gasteiger partial charge in [-0.2, -0.15) is 0 Å². The minimum Gasteiger partial charge on any atom is -0.323 e. The first-order valence-electron chi connectivity index (χ1n) is 9.66. The summed E-state index contributed by atoms with van der Waals surface area (Å²) < 4.78 is 2.26. The Balaban J connectivity index is 1.81. The van der Waals surface area contributed by atoms with E-state index in [-0.39, 0.29) is 0 Å². The van der Waals surface area contributed by atoms with Crippen LogP contribution in [0.2, 0.25) is 5.02 Å². The van der Waals surface area contributed by atoms with Gasteiger partial charge in [-0.1, -0.05) is 11.6 Å². The third-order valence-corrected chi connectivity index (χ3v) is 5.50. The third-order valence-electron chi connectivity index (χ3n) is 5.27. The molecule has 0 radical (unpaired) electrons. The first-order valence-corrected chi connectivity index (χ1v) is 10.0. The average molecular weight is 396 g/mol. The van der Waals surface area contributed by atoms with Gasteiger partial charge in [-0.15, -0.1) is 0 Å². The number of aromatic nitrogens is 3. The zero-order chi connectivity index (χ0) is 19.8. The van der Waals surface area contributed by atoms with Gasteiger partial charge in [0.25, 0.3) is 0 Å². The number of hydrogen-bond acceptors (Lipinski definition) is 4. The molecule has 0 amide bonds. The predicted molar refractivity (Wildman–Crippen MR) is 118 cm³/mol. The van der Waals surface area contributed by atoms with Gasteiger partial charge in [-0.25, -0.2) is 9.97 Å². The zero-order valence-electron chi connectivity index (χ0n) is 16.9. The van der Waals surface area contributed by atoms with Crippen molar-refractivity contribution >= 4 is 44.7 Å². The maximum Gasteiger partial charge on any atom is 0.160 e. The van der Waals surface area contributed by atoms with Crippen LogP contribution in [0.4, 0.5) is 0 Å². The molecule has 0 atom stereocenters. The van der Waals surface area contributed by atoms with Crippen molar-refractivity contribution in [2.75, 3.05) is 33.7 Å². The van der Waals surface area contributed by atoms with Gasteiger partial charge in [0.1, 0.15) is 5.52 Å². The van der Waals surface area contributed by atoms with E-state index in [4.69, 9.17) is 21.6 Å². The highest BCUT2D eigenvalue weighted by Gasteiger charge is 2.15. The third kappa shape index (κ3) is 3.58. The Morgan fingerprint density at radius 3 is 2.43 bits per heavy atom. The molecule has 146 valence electrons. The Morgan fingerprint density at radius 1 is 1.00 bits per heavy atom. The van der Waals surface area contributed by atoms with Crippen LogP contribution in [0, 0.1) is 13.8 Å². The van der Waals surface area contributed by atoms with Crippen LogP contribution in [-0.4, -0.2) is 53.2 Å². The van der Waals surface area contributed by atoms with Crippen molar-refractivity contribution in [3.05, 3.63) is 46.5 Å². The maximum atomic E-state index is 6.29. The predicted octanol–water partition coefficient (Wildman–Crippen LogP) is 4.16. The fourth-order valence-corrected chi connectivity index (χ4v) is 3.74. The van der Waals surface area contributed by atoms with Crippen molar-refractivity contribution in [2.24, 2.45) is 0 Å². The summed E-state index contributed by atoms with van der Waals surface area (Å²) in [6, 6.07) is 10.3. The second-order valence-electron chi connectivity index (χ2n) is 7.69. The fraction of sp³-hybridized carbons (Fsp3) is 0.364. The summed E-state index contributed by atoms with van der Waals surface area (Å²) in [5.74, 6) is 0. The minimum atomic E-state index is 0.720. The quantitative estimate of drug-likeness (QED) is 0.498. The second kappa shape index (κ2) is 7.66. The molecule has 2 aromatic carbocycles. The number of nitrogens with one attached hydrogen (secondary N) is 1. The van der Waals surface area contributed by atoms with Crippen molar-refractivity contribution in [3.63, 3.8) is 0 Å². The highest BCUT2D eigenvalue weighted by Crippen LogP contribution is 2.30. The maximum absolute atomic E-state index is 6.29. The lowest BCUT2D eigenvalue weighted by molar-refractivity contribution is 0.398. The molecule has 0 aliphatic carbocycles. The average Bonchev–Trinajstić information content (AvgIpc) is 2.93. The Labute approximate surface area is 170 Å². The van der Waals surface area contributed by atoms with Gasteiger partial charge in [-0.05, 0) is 69.4 Å². The lowest BCUT2D eigenvalue weighted by atomic mass is 10.1. The number of likely N-dealkylation sites (N-methyl/N-ethyl adjacent to an activating group) is 1. The van der Waals surface area contributed by atoms with Crippen LogP contribution in [0.15, 0.2) is 30.3 Å². The Bertz CT molecular complexity index is 1160. The largest absolute Gasteiger partial charge is 0.323 e. The molecule has 6 heteroatoms. The summed E-state index contributed by atoms with van der Waals surface area (Å²) in [4.78, 5) is 12.1. The van der Waals surface area contributed by atoms with Crippen molar-refractivity contribution in [1.82, 2.24) is 24.8 Å². The van der Waals surface area contributed by atoms with Crippen LogP contribution >= 0.6 is 11.6 Å². The molecule has 1 N–H and O–H groups in total. The lowest BCUT2D eigenvalue weighted by Crippen LogP contribution is -2.28. The van der Waals surface area contributed by atoms with Crippen LogP contribution in [0.25, 0.3) is 33.1 Å². The van der Waals surface area contributed by atoms with Gasteiger partial charge in [0.05, 0.1) is 16.6 Å². The normalized spacial score (nSPS) is 12.1. The monoisotopic (exact) mass is 395 g/mol. The van der Waals surface area contributed by atoms with E-state index >= 15 is 0 Å². The zero-order valence-corrected chi connectivity index (χ0v) is 17.6. The van der Waals surface area contributed by atoms with Gasteiger partial charge in [-0.3, -0.25) is 0 Å². The molecule has 0 saturated carbocycles. The molecule has 2 heterocycles. The molecule has 0 aliphatic rings. The van der Waals surface area contributed by atoms with E-state index in [1.807, 2.05) is 12.1 Å². The molecule has 4 rings (SSSR count). The summed E-state index contributed by atoms with van der Waals surface area (Å²) in [7, 11) is 4.17. The summed E-state index contributed by atoms with van der Waals surface area (Å²) >= 11 is 6.29. The first-order chi connectivity index (χ1) is 13.4. The van der Waals surface area contributed by atoms with Crippen LogP contribution in [0.1, 0.15) is 11.1 Å². The van der Waals surface area contributed by atoms with Crippen LogP contribution < -0.4 is 5.32 Å². The van der Waals surface area contributed by atoms with Gasteiger partial charge >= 0.3 is 0 Å². The first kappa shape index (κ1) is 19.1. The summed E-state index contributed by atoms with van der Waals surface area (Å²) in [6.45, 7) is 7.92. The molecule has 0 spiro atoms. The molecule has 2 aromatic heterocycles. The molecule has 5 nitrogen and oxygen atoms in total. The van der Waals surface area contributed by atoms with Gasteiger partial charge in [0, 0.05) is 36.6 Å². The molecule has 0 aliphatic heterocycles. The number of halogens is 1. The van der Waals surface area contributed by atoms with Crippen LogP contribution in [0.5, 0.6) is 0 Å². The van der Waals surface area contributed by atoms with E-state index in [1.54, 1.807) is 0 Å². The SMILES string of the molecule is Cc1cc2nc3c4cc(Cl)ccc4n(CCNCCN(C)C)c3nc2cc1C. The minimum absolute atomic E-state index is 0.720. The molecule has 0 bridgehead atoms. The molecule has 28 heavy (non-hydrogen) atoms. The van der Waals surface area contributed by atoms with Gasteiger partial charge in [0.2, 0.25) is 0 Å². The Morgan fingerprint density at radius 2 is 1.71 bits per heavy atom. The lowest BCUT2D eigenvalue weighted by Gasteiger charge is -2.11. The van der Waals surface area contributed by atoms with Crippen molar-refractivity contribution in [3.8, 4) is 0 Å². The highest BCUT2D eigenvalue weighted by atomic mass is 35.5. The van der Waals surface area contributed by atoms with E-state index in [1.165, 1.54) is 11.1 Å². The number of rotatable bonds is 6. The molecular formula is C22H26ClN5. The summed E-state index contributed by atoms with van der Waals surface area (Å²) in [5, 5.41) is 5.29. The van der Waals surface area contributed by atoms with Crippen molar-refractivity contribution in [2.45, 2.75) is 20.4 Å². The number of nitrogens with zero attached hydrogens (tertiary/aromatic N) is 4. The molecule has 0 unspecified atom stereocenters. The number of hydrogen-bond donors (Lipinski definition) is 1. The molecule has 0 saturated heterocycles. The Kier molecular flexibility index (Phi) is 5.23. The van der Waals surface area contributed by atoms with E-state index < -0.39 is 0 Å². The van der Waals surface area contributed by atoms with Crippen molar-refractivity contribution in [1.29, 1.82) is 0 Å². The van der Waals surface area contributed by atoms with E-state index in [0.29, 0.717) is 0 Å². The molecular weight excluding hydrogens is 370 g/mol. The van der Waals surface area contributed by atoms with E-state index in [9.17, 15) is 0 Å². The van der Waals surface area contributed by atoms with Crippen molar-refractivity contribution < 1.29 is 0 Å². The molecule has 4 aromatic rings. The van der Waals surface area contributed by atoms with Crippen LogP contribution in [-0.2, 0) is 6.54 Å². The van der Waals surface area contributed by atoms with E-state index in [2.05, 4.69) is 60.9 Å². The van der Waals surface area contributed by atoms with Gasteiger partial charge in [0.15, 0.2) is 5.65 Å². The summed E-state index contributed by atoms with van der Waals surface area (Å²) in [5.41, 5.74) is 7.29. The number of fused-ring (bicyclic) bond motifs is 4. The standard InChI is InChI=1S/C22H26ClN5/c1-14-11-18-19(12-15(14)2)26-22-21(25-18)17-13-16(23)5-6-20(17)28(22)10-8-24-7-9-27(3)4/h5-6,11-13,24H,7-10H2,1-4H3. The second-order valence-corrected chi connectivity index (χ2v) is 8.12. The summed E-state index contributed by atoms with van der Waals surface area (Å²) in [6.07, 6.45) is 0. The van der Waals surface area contributed by atoms with E-state index in [0.717, 1.165) is 64.3 Å². The van der Waals surface area contributed by atoms with Crippen LogP contribution in [0.3, 0.4) is 0 Å². The number of aryl methyl sites for hydroxylation is 2. The highest BCUT2D eigenvalue weighted by molar-refractivity contribution is 6.31.